The average molecular weight is 287 g/mol. The second-order valence-corrected chi connectivity index (χ2v) is 11.4. The van der Waals surface area contributed by atoms with E-state index in [4.69, 9.17) is 10.2 Å². The first-order valence-electron chi connectivity index (χ1n) is 6.57. The van der Waals surface area contributed by atoms with Gasteiger partial charge in [-0.05, 0) is 31.0 Å². The van der Waals surface area contributed by atoms with Crippen molar-refractivity contribution in [3.05, 3.63) is 0 Å². The molecular formula is C12H25N3O3Si. The minimum atomic E-state index is -2.16. The van der Waals surface area contributed by atoms with Crippen molar-refractivity contribution in [2.45, 2.75) is 57.8 Å². The molecule has 6 nitrogen and oxygen atoms in total. The van der Waals surface area contributed by atoms with E-state index in [1.807, 2.05) is 33.9 Å². The molecule has 0 saturated heterocycles. The van der Waals surface area contributed by atoms with Crippen molar-refractivity contribution in [3.8, 4) is 0 Å². The highest BCUT2D eigenvalue weighted by molar-refractivity contribution is 6.75. The van der Waals surface area contributed by atoms with E-state index in [2.05, 4.69) is 10.9 Å². The zero-order chi connectivity index (χ0) is 14.8. The molecule has 0 bridgehead atoms. The number of hydrogen-bond acceptors (Lipinski definition) is 4. The second-order valence-electron chi connectivity index (χ2n) is 6.69. The summed E-state index contributed by atoms with van der Waals surface area (Å²) in [5.74, 6) is -0.294. The fraction of sp³-hybridized carbons (Fsp3) is 0.833. The molecule has 0 unspecified atom stereocenters. The van der Waals surface area contributed by atoms with Crippen LogP contribution in [0.4, 0.5) is 4.79 Å². The van der Waals surface area contributed by atoms with Crippen LogP contribution in [0.2, 0.25) is 18.1 Å². The number of carbonyl (C=O) groups is 2. The van der Waals surface area contributed by atoms with Crippen LogP contribution >= 0.6 is 0 Å². The molecule has 1 aliphatic carbocycles. The van der Waals surface area contributed by atoms with Gasteiger partial charge in [0.1, 0.15) is 0 Å². The average Bonchev–Trinajstić information content (AvgIpc) is 2.19. The highest BCUT2D eigenvalue weighted by atomic mass is 28.4. The summed E-state index contributed by atoms with van der Waals surface area (Å²) >= 11 is 0. The number of carbonyl (C=O) groups excluding carboxylic acids is 2. The molecule has 19 heavy (non-hydrogen) atoms. The van der Waals surface area contributed by atoms with Crippen LogP contribution in [0, 0.1) is 5.92 Å². The smallest absolute Gasteiger partial charge is 0.412 e. The van der Waals surface area contributed by atoms with Gasteiger partial charge in [-0.2, -0.15) is 0 Å². The van der Waals surface area contributed by atoms with Gasteiger partial charge in [0, 0.05) is 12.0 Å². The van der Waals surface area contributed by atoms with Crippen LogP contribution in [-0.2, 0) is 9.22 Å². The fourth-order valence-electron chi connectivity index (χ4n) is 1.50. The molecule has 0 atom stereocenters. The van der Waals surface area contributed by atoms with E-state index in [1.54, 1.807) is 0 Å². The summed E-state index contributed by atoms with van der Waals surface area (Å²) in [6, 6.07) is 0.106. The standard InChI is InChI=1S/C12H25N3O3Si/c1-12(2,3)19(4,5)18-11(17)15-14-10(16)8-6-9(13)7-8/h8-9H,6-7,13H2,1-5H3,(H,14,16)(H,15,17). The molecule has 110 valence electrons. The van der Waals surface area contributed by atoms with E-state index in [9.17, 15) is 9.59 Å². The van der Waals surface area contributed by atoms with E-state index in [0.717, 1.165) is 0 Å². The van der Waals surface area contributed by atoms with Crippen LogP contribution in [0.15, 0.2) is 0 Å². The fourth-order valence-corrected chi connectivity index (χ4v) is 2.32. The zero-order valence-corrected chi connectivity index (χ0v) is 13.4. The number of hydrazine groups is 1. The maximum Gasteiger partial charge on any atom is 0.412 e. The van der Waals surface area contributed by atoms with Crippen molar-refractivity contribution >= 4 is 20.3 Å². The van der Waals surface area contributed by atoms with Gasteiger partial charge in [0.2, 0.25) is 5.91 Å². The van der Waals surface area contributed by atoms with Gasteiger partial charge in [-0.1, -0.05) is 20.8 Å². The topological polar surface area (TPSA) is 93.5 Å². The highest BCUT2D eigenvalue weighted by Gasteiger charge is 2.40. The van der Waals surface area contributed by atoms with E-state index in [-0.39, 0.29) is 22.9 Å². The monoisotopic (exact) mass is 287 g/mol. The Kier molecular flexibility index (Phi) is 4.62. The van der Waals surface area contributed by atoms with Crippen LogP contribution in [0.3, 0.4) is 0 Å². The van der Waals surface area contributed by atoms with Gasteiger partial charge in [0.25, 0.3) is 8.32 Å². The molecular weight excluding hydrogens is 262 g/mol. The van der Waals surface area contributed by atoms with E-state index >= 15 is 0 Å². The number of nitrogens with two attached hydrogens (primary N) is 1. The summed E-state index contributed by atoms with van der Waals surface area (Å²) in [6.45, 7) is 10.1. The molecule has 0 aromatic heterocycles. The van der Waals surface area contributed by atoms with Crippen molar-refractivity contribution in [3.63, 3.8) is 0 Å². The van der Waals surface area contributed by atoms with E-state index < -0.39 is 14.4 Å². The molecule has 1 fully saturated rings. The summed E-state index contributed by atoms with van der Waals surface area (Å²) in [4.78, 5) is 23.3. The lowest BCUT2D eigenvalue weighted by Crippen LogP contribution is -2.53. The van der Waals surface area contributed by atoms with E-state index in [0.29, 0.717) is 12.8 Å². The molecule has 0 heterocycles. The van der Waals surface area contributed by atoms with Crippen LogP contribution in [0.5, 0.6) is 0 Å². The van der Waals surface area contributed by atoms with Gasteiger partial charge < -0.3 is 10.2 Å². The summed E-state index contributed by atoms with van der Waals surface area (Å²) in [7, 11) is -2.16. The molecule has 4 N–H and O–H groups in total. The first-order valence-corrected chi connectivity index (χ1v) is 9.48. The molecule has 0 aromatic carbocycles. The van der Waals surface area contributed by atoms with Crippen LogP contribution in [0.1, 0.15) is 33.6 Å². The molecule has 0 aliphatic heterocycles. The van der Waals surface area contributed by atoms with E-state index in [1.165, 1.54) is 0 Å². The lowest BCUT2D eigenvalue weighted by Gasteiger charge is -2.35. The quantitative estimate of drug-likeness (QED) is 0.530. The van der Waals surface area contributed by atoms with Gasteiger partial charge in [-0.15, -0.1) is 0 Å². The third-order valence-corrected chi connectivity index (χ3v) is 8.30. The summed E-state index contributed by atoms with van der Waals surface area (Å²) in [6.07, 6.45) is 0.749. The minimum absolute atomic E-state index is 0.0604. The summed E-state index contributed by atoms with van der Waals surface area (Å²) in [5, 5.41) is -0.0604. The predicted molar refractivity (Wildman–Crippen MR) is 75.7 cm³/mol. The van der Waals surface area contributed by atoms with Gasteiger partial charge >= 0.3 is 6.09 Å². The largest absolute Gasteiger partial charge is 0.502 e. The van der Waals surface area contributed by atoms with Crippen molar-refractivity contribution in [2.75, 3.05) is 0 Å². The van der Waals surface area contributed by atoms with Gasteiger partial charge in [-0.25, -0.2) is 10.2 Å². The van der Waals surface area contributed by atoms with Gasteiger partial charge in [0.15, 0.2) is 0 Å². The van der Waals surface area contributed by atoms with Gasteiger partial charge in [0.05, 0.1) is 0 Å². The zero-order valence-electron chi connectivity index (χ0n) is 12.4. The number of nitrogens with one attached hydrogen (secondary N) is 2. The van der Waals surface area contributed by atoms with Crippen molar-refractivity contribution < 1.29 is 14.0 Å². The maximum atomic E-state index is 11.7. The normalized spacial score (nSPS) is 23.3. The maximum absolute atomic E-state index is 11.7. The molecule has 2 amide bonds. The summed E-state index contributed by atoms with van der Waals surface area (Å²) < 4.78 is 5.45. The number of hydrogen-bond donors (Lipinski definition) is 3. The molecule has 0 spiro atoms. The predicted octanol–water partition coefficient (Wildman–Crippen LogP) is 1.49. The van der Waals surface area contributed by atoms with Crippen LogP contribution < -0.4 is 16.6 Å². The van der Waals surface area contributed by atoms with Crippen LogP contribution in [-0.4, -0.2) is 26.4 Å². The lowest BCUT2D eigenvalue weighted by atomic mass is 9.80. The molecule has 1 aliphatic rings. The Morgan fingerprint density at radius 3 is 2.16 bits per heavy atom. The Morgan fingerprint density at radius 2 is 1.74 bits per heavy atom. The first-order chi connectivity index (χ1) is 8.53. The SMILES string of the molecule is CC(C)(C)[Si](C)(C)OC(=O)NNC(=O)C1CC(N)C1. The molecule has 1 rings (SSSR count). The van der Waals surface area contributed by atoms with Crippen molar-refractivity contribution in [1.82, 2.24) is 10.9 Å². The molecule has 0 aromatic rings. The molecule has 7 heteroatoms. The lowest BCUT2D eigenvalue weighted by molar-refractivity contribution is -0.128. The Balaban J connectivity index is 2.34. The Morgan fingerprint density at radius 1 is 1.21 bits per heavy atom. The first kappa shape index (κ1) is 16.0. The third kappa shape index (κ3) is 4.21. The van der Waals surface area contributed by atoms with Crippen LogP contribution in [0.25, 0.3) is 0 Å². The van der Waals surface area contributed by atoms with Gasteiger partial charge in [-0.3, -0.25) is 10.2 Å². The number of rotatable bonds is 2. The molecule has 0 radical (unpaired) electrons. The third-order valence-electron chi connectivity index (χ3n) is 3.99. The number of amides is 2. The Labute approximate surface area is 115 Å². The van der Waals surface area contributed by atoms with Crippen molar-refractivity contribution in [2.24, 2.45) is 11.7 Å². The summed E-state index contributed by atoms with van der Waals surface area (Å²) in [5.41, 5.74) is 10.3. The van der Waals surface area contributed by atoms with Crippen molar-refractivity contribution in [1.29, 1.82) is 0 Å². The molecule has 1 saturated carbocycles. The second kappa shape index (κ2) is 5.50. The Hall–Kier alpha value is -1.08. The highest BCUT2D eigenvalue weighted by Crippen LogP contribution is 2.36. The Bertz CT molecular complexity index is 360. The minimum Gasteiger partial charge on any atom is -0.502 e.